The van der Waals surface area contributed by atoms with Gasteiger partial charge in [-0.25, -0.2) is 4.79 Å². The van der Waals surface area contributed by atoms with Crippen LogP contribution in [0.15, 0.2) is 65.0 Å². The van der Waals surface area contributed by atoms with Gasteiger partial charge >= 0.3 is 5.97 Å². The summed E-state index contributed by atoms with van der Waals surface area (Å²) in [6.07, 6.45) is 1.42. The van der Waals surface area contributed by atoms with E-state index >= 15 is 0 Å². The molecule has 0 saturated heterocycles. The smallest absolute Gasteiger partial charge is 0.337 e. The standard InChI is InChI=1S/C29H32ClNO5/c1-6-16(2)36-29(33)26-17(3)31-23-13-19(18-7-9-20(30)10-8-18)14-24(32)28(23)27(26)22-12-11-21(34-4)15-25(22)35-5/h7-12,15-16,19,27,31H,6,13-14H2,1-5H3/t16-,19-,27+/m1/s1. The molecule has 0 bridgehead atoms. The van der Waals surface area contributed by atoms with Gasteiger partial charge in [0.15, 0.2) is 5.78 Å². The third-order valence-electron chi connectivity index (χ3n) is 7.02. The summed E-state index contributed by atoms with van der Waals surface area (Å²) in [5.41, 5.74) is 4.30. The highest BCUT2D eigenvalue weighted by atomic mass is 35.5. The summed E-state index contributed by atoms with van der Waals surface area (Å²) < 4.78 is 16.8. The summed E-state index contributed by atoms with van der Waals surface area (Å²) in [4.78, 5) is 27.2. The summed E-state index contributed by atoms with van der Waals surface area (Å²) >= 11 is 6.08. The number of allylic oxidation sites excluding steroid dienone is 3. The first kappa shape index (κ1) is 25.8. The molecule has 190 valence electrons. The average Bonchev–Trinajstić information content (AvgIpc) is 2.87. The molecule has 0 unspecified atom stereocenters. The van der Waals surface area contributed by atoms with Crippen LogP contribution in [0.25, 0.3) is 0 Å². The SMILES string of the molecule is CC[C@@H](C)OC(=O)C1=C(C)NC2=C(C(=O)C[C@H](c3ccc(Cl)cc3)C2)[C@H]1c1ccc(OC)cc1OC. The maximum atomic E-state index is 13.8. The van der Waals surface area contributed by atoms with E-state index in [0.29, 0.717) is 52.6 Å². The molecule has 0 spiro atoms. The van der Waals surface area contributed by atoms with Gasteiger partial charge in [0.2, 0.25) is 0 Å². The fraction of sp³-hybridized carbons (Fsp3) is 0.379. The number of ketones is 1. The minimum Gasteiger partial charge on any atom is -0.497 e. The Bertz CT molecular complexity index is 1230. The molecule has 6 nitrogen and oxygen atoms in total. The molecule has 1 aliphatic heterocycles. The number of ether oxygens (including phenoxy) is 3. The number of carbonyl (C=O) groups excluding carboxylic acids is 2. The van der Waals surface area contributed by atoms with E-state index in [4.69, 9.17) is 25.8 Å². The van der Waals surface area contributed by atoms with Crippen molar-refractivity contribution in [1.82, 2.24) is 5.32 Å². The number of methoxy groups -OCH3 is 2. The maximum absolute atomic E-state index is 13.8. The number of halogens is 1. The summed E-state index contributed by atoms with van der Waals surface area (Å²) in [6, 6.07) is 13.1. The van der Waals surface area contributed by atoms with Crippen LogP contribution >= 0.6 is 11.6 Å². The van der Waals surface area contributed by atoms with Crippen LogP contribution in [0.3, 0.4) is 0 Å². The van der Waals surface area contributed by atoms with Crippen LogP contribution in [0.2, 0.25) is 5.02 Å². The molecule has 1 N–H and O–H groups in total. The first-order valence-corrected chi connectivity index (χ1v) is 12.6. The van der Waals surface area contributed by atoms with Crippen LogP contribution in [0.1, 0.15) is 63.0 Å². The normalized spacial score (nSPS) is 20.4. The van der Waals surface area contributed by atoms with Crippen LogP contribution in [0.4, 0.5) is 0 Å². The highest BCUT2D eigenvalue weighted by Crippen LogP contribution is 2.48. The van der Waals surface area contributed by atoms with Crippen molar-refractivity contribution in [3.05, 3.63) is 81.2 Å². The zero-order valence-corrected chi connectivity index (χ0v) is 22.1. The number of carbonyl (C=O) groups is 2. The number of nitrogens with one attached hydrogen (secondary N) is 1. The largest absolute Gasteiger partial charge is 0.497 e. The van der Waals surface area contributed by atoms with E-state index in [1.54, 1.807) is 20.3 Å². The molecule has 1 aliphatic carbocycles. The van der Waals surface area contributed by atoms with Crippen molar-refractivity contribution in [3.8, 4) is 11.5 Å². The Balaban J connectivity index is 1.83. The Morgan fingerprint density at radius 1 is 1.11 bits per heavy atom. The van der Waals surface area contributed by atoms with Crippen LogP contribution in [0.5, 0.6) is 11.5 Å². The number of hydrogen-bond donors (Lipinski definition) is 1. The second kappa shape index (κ2) is 10.8. The molecular weight excluding hydrogens is 478 g/mol. The van der Waals surface area contributed by atoms with Crippen LogP contribution in [-0.4, -0.2) is 32.1 Å². The average molecular weight is 510 g/mol. The second-order valence-electron chi connectivity index (χ2n) is 9.30. The first-order valence-electron chi connectivity index (χ1n) is 12.2. The number of hydrogen-bond acceptors (Lipinski definition) is 6. The van der Waals surface area contributed by atoms with Gasteiger partial charge in [-0.3, -0.25) is 4.79 Å². The summed E-state index contributed by atoms with van der Waals surface area (Å²) in [7, 11) is 3.15. The highest BCUT2D eigenvalue weighted by molar-refractivity contribution is 6.30. The molecule has 2 aromatic carbocycles. The predicted octanol–water partition coefficient (Wildman–Crippen LogP) is 6.06. The number of Topliss-reactive ketones (excluding diaryl/α,β-unsaturated/α-hetero) is 1. The van der Waals surface area contributed by atoms with Crippen molar-refractivity contribution in [2.45, 2.75) is 58.0 Å². The zero-order valence-electron chi connectivity index (χ0n) is 21.3. The molecule has 7 heteroatoms. The molecule has 0 fully saturated rings. The lowest BCUT2D eigenvalue weighted by Crippen LogP contribution is -2.36. The Labute approximate surface area is 217 Å². The lowest BCUT2D eigenvalue weighted by Gasteiger charge is -2.37. The molecule has 0 radical (unpaired) electrons. The predicted molar refractivity (Wildman–Crippen MR) is 139 cm³/mol. The summed E-state index contributed by atoms with van der Waals surface area (Å²) in [5, 5.41) is 4.05. The first-order chi connectivity index (χ1) is 17.3. The highest BCUT2D eigenvalue weighted by Gasteiger charge is 2.42. The van der Waals surface area contributed by atoms with Gasteiger partial charge in [-0.2, -0.15) is 0 Å². The monoisotopic (exact) mass is 509 g/mol. The van der Waals surface area contributed by atoms with Crippen molar-refractivity contribution in [1.29, 1.82) is 0 Å². The van der Waals surface area contributed by atoms with Gasteiger partial charge in [-0.1, -0.05) is 36.7 Å². The van der Waals surface area contributed by atoms with Gasteiger partial charge in [0.05, 0.1) is 31.8 Å². The van der Waals surface area contributed by atoms with Gasteiger partial charge in [0.1, 0.15) is 11.5 Å². The van der Waals surface area contributed by atoms with Gasteiger partial charge < -0.3 is 19.5 Å². The molecule has 2 aliphatic rings. The van der Waals surface area contributed by atoms with Crippen molar-refractivity contribution >= 4 is 23.4 Å². The van der Waals surface area contributed by atoms with Gasteiger partial charge in [-0.05, 0) is 56.4 Å². The molecule has 1 heterocycles. The fourth-order valence-corrected chi connectivity index (χ4v) is 5.10. The van der Waals surface area contributed by atoms with E-state index in [9.17, 15) is 9.59 Å². The summed E-state index contributed by atoms with van der Waals surface area (Å²) in [5.74, 6) is 0.130. The third-order valence-corrected chi connectivity index (χ3v) is 7.28. The van der Waals surface area contributed by atoms with Crippen molar-refractivity contribution < 1.29 is 23.8 Å². The van der Waals surface area contributed by atoms with Gasteiger partial charge in [0.25, 0.3) is 0 Å². The Kier molecular flexibility index (Phi) is 7.74. The van der Waals surface area contributed by atoms with E-state index in [1.807, 2.05) is 57.2 Å². The molecule has 3 atom stereocenters. The number of esters is 1. The van der Waals surface area contributed by atoms with E-state index in [0.717, 1.165) is 16.8 Å². The zero-order chi connectivity index (χ0) is 26.0. The van der Waals surface area contributed by atoms with E-state index < -0.39 is 11.9 Å². The molecule has 0 saturated carbocycles. The number of dihydropyridines is 1. The van der Waals surface area contributed by atoms with Crippen molar-refractivity contribution in [2.24, 2.45) is 0 Å². The molecular formula is C29H32ClNO5. The number of benzene rings is 2. The quantitative estimate of drug-likeness (QED) is 0.457. The Morgan fingerprint density at radius 2 is 1.83 bits per heavy atom. The van der Waals surface area contributed by atoms with Crippen molar-refractivity contribution in [3.63, 3.8) is 0 Å². The maximum Gasteiger partial charge on any atom is 0.337 e. The molecule has 0 amide bonds. The minimum atomic E-state index is -0.614. The van der Waals surface area contributed by atoms with Crippen molar-refractivity contribution in [2.75, 3.05) is 14.2 Å². The number of rotatable bonds is 7. The third kappa shape index (κ3) is 5.00. The minimum absolute atomic E-state index is 0.00656. The lowest BCUT2D eigenvalue weighted by atomic mass is 9.71. The molecule has 2 aromatic rings. The van der Waals surface area contributed by atoms with Crippen LogP contribution in [0, 0.1) is 0 Å². The molecule has 4 rings (SSSR count). The topological polar surface area (TPSA) is 73.9 Å². The van der Waals surface area contributed by atoms with E-state index in [-0.39, 0.29) is 17.8 Å². The fourth-order valence-electron chi connectivity index (χ4n) is 4.98. The molecule has 0 aromatic heterocycles. The van der Waals surface area contributed by atoms with Crippen LogP contribution < -0.4 is 14.8 Å². The van der Waals surface area contributed by atoms with Crippen LogP contribution in [-0.2, 0) is 14.3 Å². The van der Waals surface area contributed by atoms with Gasteiger partial charge in [0, 0.05) is 40.0 Å². The second-order valence-corrected chi connectivity index (χ2v) is 9.74. The lowest BCUT2D eigenvalue weighted by molar-refractivity contribution is -0.144. The Hall–Kier alpha value is -3.25. The molecule has 36 heavy (non-hydrogen) atoms. The summed E-state index contributed by atoms with van der Waals surface area (Å²) in [6.45, 7) is 5.68. The van der Waals surface area contributed by atoms with E-state index in [1.165, 1.54) is 0 Å². The van der Waals surface area contributed by atoms with Gasteiger partial charge in [-0.15, -0.1) is 0 Å². The Morgan fingerprint density at radius 3 is 2.47 bits per heavy atom. The van der Waals surface area contributed by atoms with E-state index in [2.05, 4.69) is 5.32 Å².